The number of aryl methyl sites for hydroxylation is 1. The van der Waals surface area contributed by atoms with Gasteiger partial charge in [-0.3, -0.25) is 9.59 Å². The largest absolute Gasteiger partial charge is 0.508 e. The van der Waals surface area contributed by atoms with E-state index in [0.717, 1.165) is 24.8 Å². The Labute approximate surface area is 105 Å². The van der Waals surface area contributed by atoms with Crippen LogP contribution in [0.1, 0.15) is 24.8 Å². The summed E-state index contributed by atoms with van der Waals surface area (Å²) in [6, 6.07) is 4.93. The lowest BCUT2D eigenvalue weighted by molar-refractivity contribution is -0.122. The summed E-state index contributed by atoms with van der Waals surface area (Å²) in [5.41, 5.74) is 1.22. The zero-order valence-corrected chi connectivity index (χ0v) is 10.2. The maximum absolute atomic E-state index is 12.2. The van der Waals surface area contributed by atoms with Crippen LogP contribution >= 0.6 is 0 Å². The van der Waals surface area contributed by atoms with Crippen LogP contribution in [0.25, 0.3) is 0 Å². The number of phenols is 1. The van der Waals surface area contributed by atoms with Crippen molar-refractivity contribution >= 4 is 17.5 Å². The third-order valence-electron chi connectivity index (χ3n) is 4.04. The first-order valence-electron chi connectivity index (χ1n) is 6.27. The average Bonchev–Trinajstić information content (AvgIpc) is 2.89. The van der Waals surface area contributed by atoms with Crippen molar-refractivity contribution in [3.05, 3.63) is 23.8 Å². The first-order valence-corrected chi connectivity index (χ1v) is 6.27. The monoisotopic (exact) mass is 245 g/mol. The lowest BCUT2D eigenvalue weighted by atomic mass is 10.00. The van der Waals surface area contributed by atoms with Crippen molar-refractivity contribution in [2.45, 2.75) is 26.2 Å². The number of nitrogens with zero attached hydrogens (tertiary/aromatic N) is 1. The van der Waals surface area contributed by atoms with Gasteiger partial charge in [0.15, 0.2) is 0 Å². The van der Waals surface area contributed by atoms with E-state index in [-0.39, 0.29) is 29.4 Å². The maximum Gasteiger partial charge on any atom is 0.237 e. The van der Waals surface area contributed by atoms with Gasteiger partial charge >= 0.3 is 0 Å². The van der Waals surface area contributed by atoms with E-state index >= 15 is 0 Å². The van der Waals surface area contributed by atoms with Gasteiger partial charge in [-0.25, -0.2) is 4.90 Å². The molecule has 2 unspecified atom stereocenters. The summed E-state index contributed by atoms with van der Waals surface area (Å²) in [4.78, 5) is 25.7. The molecule has 0 bridgehead atoms. The van der Waals surface area contributed by atoms with Gasteiger partial charge in [-0.05, 0) is 31.4 Å². The molecule has 1 aliphatic carbocycles. The van der Waals surface area contributed by atoms with E-state index < -0.39 is 0 Å². The fraction of sp³-hybridized carbons (Fsp3) is 0.429. The number of anilines is 1. The Morgan fingerprint density at radius 2 is 1.78 bits per heavy atom. The van der Waals surface area contributed by atoms with Crippen LogP contribution in [0.15, 0.2) is 18.2 Å². The third-order valence-corrected chi connectivity index (χ3v) is 4.04. The number of aromatic hydroxyl groups is 1. The van der Waals surface area contributed by atoms with Crippen molar-refractivity contribution < 1.29 is 14.7 Å². The minimum absolute atomic E-state index is 0.106. The molecule has 18 heavy (non-hydrogen) atoms. The van der Waals surface area contributed by atoms with E-state index in [1.807, 2.05) is 0 Å². The minimum Gasteiger partial charge on any atom is -0.508 e. The Morgan fingerprint density at radius 3 is 2.33 bits per heavy atom. The van der Waals surface area contributed by atoms with Crippen LogP contribution in [0.5, 0.6) is 5.75 Å². The lowest BCUT2D eigenvalue weighted by Gasteiger charge is -2.16. The average molecular weight is 245 g/mol. The van der Waals surface area contributed by atoms with E-state index in [4.69, 9.17) is 0 Å². The van der Waals surface area contributed by atoms with Gasteiger partial charge < -0.3 is 5.11 Å². The number of hydrogen-bond acceptors (Lipinski definition) is 3. The van der Waals surface area contributed by atoms with Crippen LogP contribution in [0.4, 0.5) is 5.69 Å². The summed E-state index contributed by atoms with van der Waals surface area (Å²) in [5.74, 6) is -0.372. The number of fused-ring (bicyclic) bond motifs is 1. The van der Waals surface area contributed by atoms with Gasteiger partial charge in [0.05, 0.1) is 17.5 Å². The number of hydrogen-bond donors (Lipinski definition) is 1. The molecular formula is C14H15NO3. The van der Waals surface area contributed by atoms with Crippen LogP contribution in [0.2, 0.25) is 0 Å². The van der Waals surface area contributed by atoms with Crippen molar-refractivity contribution in [1.82, 2.24) is 0 Å². The van der Waals surface area contributed by atoms with Gasteiger partial charge in [0.2, 0.25) is 11.8 Å². The molecule has 1 saturated heterocycles. The molecular weight excluding hydrogens is 230 g/mol. The minimum atomic E-state index is -0.138. The molecule has 4 nitrogen and oxygen atoms in total. The van der Waals surface area contributed by atoms with Gasteiger partial charge in [-0.15, -0.1) is 0 Å². The molecule has 2 amide bonds. The highest BCUT2D eigenvalue weighted by Gasteiger charge is 2.50. The van der Waals surface area contributed by atoms with E-state index in [9.17, 15) is 14.7 Å². The second-order valence-electron chi connectivity index (χ2n) is 5.13. The summed E-state index contributed by atoms with van der Waals surface area (Å²) in [6.07, 6.45) is 2.58. The van der Waals surface area contributed by atoms with Crippen LogP contribution in [-0.4, -0.2) is 16.9 Å². The Bertz CT molecular complexity index is 516. The van der Waals surface area contributed by atoms with Gasteiger partial charge in [0, 0.05) is 6.07 Å². The number of phenolic OH excluding ortho intramolecular Hbond substituents is 1. The van der Waals surface area contributed by atoms with Gasteiger partial charge in [0.1, 0.15) is 5.75 Å². The number of amides is 2. The second-order valence-corrected chi connectivity index (χ2v) is 5.13. The van der Waals surface area contributed by atoms with E-state index in [0.29, 0.717) is 5.69 Å². The number of carbonyl (C=O) groups is 2. The molecule has 1 aromatic rings. The van der Waals surface area contributed by atoms with E-state index in [1.165, 1.54) is 11.0 Å². The Kier molecular flexibility index (Phi) is 2.40. The molecule has 2 aliphatic rings. The Balaban J connectivity index is 1.99. The quantitative estimate of drug-likeness (QED) is 0.770. The highest BCUT2D eigenvalue weighted by molar-refractivity contribution is 6.22. The Hall–Kier alpha value is -1.84. The first kappa shape index (κ1) is 11.3. The molecule has 4 heteroatoms. The number of imide groups is 1. The summed E-state index contributed by atoms with van der Waals surface area (Å²) >= 11 is 0. The third kappa shape index (κ3) is 1.45. The number of benzene rings is 1. The van der Waals surface area contributed by atoms with Crippen molar-refractivity contribution in [1.29, 1.82) is 0 Å². The SMILES string of the molecule is Cc1ccc(N2C(=O)C3CCCC3C2=O)cc1O. The van der Waals surface area contributed by atoms with Crippen LogP contribution < -0.4 is 4.90 Å². The number of rotatable bonds is 1. The molecule has 2 fully saturated rings. The first-order chi connectivity index (χ1) is 8.59. The summed E-state index contributed by atoms with van der Waals surface area (Å²) in [6.45, 7) is 1.78. The van der Waals surface area contributed by atoms with Gasteiger partial charge in [-0.2, -0.15) is 0 Å². The summed E-state index contributed by atoms with van der Waals surface area (Å²) < 4.78 is 0. The molecule has 94 valence electrons. The summed E-state index contributed by atoms with van der Waals surface area (Å²) in [7, 11) is 0. The standard InChI is InChI=1S/C14H15NO3/c1-8-5-6-9(7-12(8)16)15-13(17)10-3-2-4-11(10)14(15)18/h5-7,10-11,16H,2-4H2,1H3. The molecule has 1 saturated carbocycles. The molecule has 0 aromatic heterocycles. The highest BCUT2D eigenvalue weighted by Crippen LogP contribution is 2.42. The van der Waals surface area contributed by atoms with Crippen molar-refractivity contribution in [2.24, 2.45) is 11.8 Å². The number of carbonyl (C=O) groups excluding carboxylic acids is 2. The zero-order chi connectivity index (χ0) is 12.9. The van der Waals surface area contributed by atoms with Crippen molar-refractivity contribution in [2.75, 3.05) is 4.90 Å². The molecule has 1 N–H and O–H groups in total. The smallest absolute Gasteiger partial charge is 0.237 e. The van der Waals surface area contributed by atoms with E-state index in [2.05, 4.69) is 0 Å². The zero-order valence-electron chi connectivity index (χ0n) is 10.2. The molecule has 2 atom stereocenters. The predicted molar refractivity (Wildman–Crippen MR) is 66.2 cm³/mol. The molecule has 3 rings (SSSR count). The fourth-order valence-electron chi connectivity index (χ4n) is 2.98. The second kappa shape index (κ2) is 3.83. The fourth-order valence-corrected chi connectivity index (χ4v) is 2.98. The van der Waals surface area contributed by atoms with Crippen LogP contribution in [0, 0.1) is 18.8 Å². The molecule has 0 spiro atoms. The lowest BCUT2D eigenvalue weighted by Crippen LogP contribution is -2.31. The van der Waals surface area contributed by atoms with Gasteiger partial charge in [0.25, 0.3) is 0 Å². The maximum atomic E-state index is 12.2. The summed E-state index contributed by atoms with van der Waals surface area (Å²) in [5, 5.41) is 9.69. The molecule has 1 heterocycles. The van der Waals surface area contributed by atoms with E-state index in [1.54, 1.807) is 19.1 Å². The Morgan fingerprint density at radius 1 is 1.17 bits per heavy atom. The normalized spacial score (nSPS) is 26.8. The molecule has 1 aliphatic heterocycles. The highest BCUT2D eigenvalue weighted by atomic mass is 16.3. The van der Waals surface area contributed by atoms with Gasteiger partial charge in [-0.1, -0.05) is 12.5 Å². The predicted octanol–water partition coefficient (Wildman–Crippen LogP) is 1.99. The van der Waals surface area contributed by atoms with Crippen molar-refractivity contribution in [3.8, 4) is 5.75 Å². The van der Waals surface area contributed by atoms with Crippen LogP contribution in [0.3, 0.4) is 0 Å². The molecule has 0 radical (unpaired) electrons. The molecule has 1 aromatic carbocycles. The van der Waals surface area contributed by atoms with Crippen LogP contribution in [-0.2, 0) is 9.59 Å². The van der Waals surface area contributed by atoms with Crippen molar-refractivity contribution in [3.63, 3.8) is 0 Å². The topological polar surface area (TPSA) is 57.6 Å².